The number of anilines is 1. The predicted molar refractivity (Wildman–Crippen MR) is 77.5 cm³/mol. The van der Waals surface area contributed by atoms with Crippen molar-refractivity contribution in [3.05, 3.63) is 18.0 Å². The van der Waals surface area contributed by atoms with Crippen LogP contribution in [-0.2, 0) is 4.79 Å². The fraction of sp³-hybridized carbons (Fsp3) is 0.667. The van der Waals surface area contributed by atoms with Crippen LogP contribution >= 0.6 is 0 Å². The minimum absolute atomic E-state index is 0.216. The van der Waals surface area contributed by atoms with Gasteiger partial charge >= 0.3 is 0 Å². The highest BCUT2D eigenvalue weighted by molar-refractivity contribution is 5.82. The van der Waals surface area contributed by atoms with Crippen molar-refractivity contribution in [2.24, 2.45) is 5.92 Å². The summed E-state index contributed by atoms with van der Waals surface area (Å²) in [6.45, 7) is 4.94. The Morgan fingerprint density at radius 2 is 2.10 bits per heavy atom. The van der Waals surface area contributed by atoms with Crippen molar-refractivity contribution in [2.45, 2.75) is 32.6 Å². The van der Waals surface area contributed by atoms with Crippen molar-refractivity contribution in [2.75, 3.05) is 31.1 Å². The number of rotatable bonds is 3. The summed E-state index contributed by atoms with van der Waals surface area (Å²) in [5.41, 5.74) is 0.941. The van der Waals surface area contributed by atoms with Crippen molar-refractivity contribution in [3.63, 3.8) is 0 Å². The van der Waals surface area contributed by atoms with Crippen LogP contribution < -0.4 is 4.90 Å². The van der Waals surface area contributed by atoms with E-state index in [4.69, 9.17) is 0 Å². The standard InChI is InChI=1S/C15H22N4O/c1-12-6-7-16-15(17-12)19-9-8-18(14(20)11-19)10-13-4-2-3-5-13/h6-7,13H,2-5,8-11H2,1H3. The van der Waals surface area contributed by atoms with Gasteiger partial charge in [0.15, 0.2) is 0 Å². The van der Waals surface area contributed by atoms with Crippen molar-refractivity contribution in [1.82, 2.24) is 14.9 Å². The molecule has 1 saturated carbocycles. The highest BCUT2D eigenvalue weighted by atomic mass is 16.2. The molecule has 1 aliphatic heterocycles. The van der Waals surface area contributed by atoms with Gasteiger partial charge < -0.3 is 9.80 Å². The SMILES string of the molecule is Cc1ccnc(N2CCN(CC3CCCC3)C(=O)C2)n1. The van der Waals surface area contributed by atoms with E-state index >= 15 is 0 Å². The molecular weight excluding hydrogens is 252 g/mol. The van der Waals surface area contributed by atoms with Crippen LogP contribution in [0.25, 0.3) is 0 Å². The van der Waals surface area contributed by atoms with Gasteiger partial charge in [-0.2, -0.15) is 0 Å². The zero-order chi connectivity index (χ0) is 13.9. The summed E-state index contributed by atoms with van der Waals surface area (Å²) in [5, 5.41) is 0. The zero-order valence-corrected chi connectivity index (χ0v) is 12.1. The number of nitrogens with zero attached hydrogens (tertiary/aromatic N) is 4. The summed E-state index contributed by atoms with van der Waals surface area (Å²) >= 11 is 0. The largest absolute Gasteiger partial charge is 0.339 e. The maximum atomic E-state index is 12.3. The van der Waals surface area contributed by atoms with Gasteiger partial charge in [-0.05, 0) is 31.7 Å². The summed E-state index contributed by atoms with van der Waals surface area (Å²) in [4.78, 5) is 25.0. The lowest BCUT2D eigenvalue weighted by atomic mass is 10.1. The van der Waals surface area contributed by atoms with Crippen molar-refractivity contribution in [3.8, 4) is 0 Å². The minimum Gasteiger partial charge on any atom is -0.339 e. The third kappa shape index (κ3) is 2.92. The Balaban J connectivity index is 1.60. The first kappa shape index (κ1) is 13.3. The summed E-state index contributed by atoms with van der Waals surface area (Å²) in [5.74, 6) is 1.62. The van der Waals surface area contributed by atoms with Gasteiger partial charge in [0.25, 0.3) is 0 Å². The van der Waals surface area contributed by atoms with Crippen LogP contribution in [0.1, 0.15) is 31.4 Å². The zero-order valence-electron chi connectivity index (χ0n) is 12.1. The average molecular weight is 274 g/mol. The van der Waals surface area contributed by atoms with E-state index in [1.165, 1.54) is 25.7 Å². The van der Waals surface area contributed by atoms with Crippen LogP contribution in [0.5, 0.6) is 0 Å². The molecule has 0 spiro atoms. The summed E-state index contributed by atoms with van der Waals surface area (Å²) < 4.78 is 0. The Hall–Kier alpha value is -1.65. The Bertz CT molecular complexity index is 485. The Morgan fingerprint density at radius 1 is 1.30 bits per heavy atom. The number of amides is 1. The van der Waals surface area contributed by atoms with Gasteiger partial charge in [-0.1, -0.05) is 12.8 Å². The van der Waals surface area contributed by atoms with Crippen LogP contribution in [0.3, 0.4) is 0 Å². The van der Waals surface area contributed by atoms with Crippen molar-refractivity contribution < 1.29 is 4.79 Å². The maximum absolute atomic E-state index is 12.3. The summed E-state index contributed by atoms with van der Waals surface area (Å²) in [6.07, 6.45) is 6.99. The van der Waals surface area contributed by atoms with Crippen LogP contribution in [-0.4, -0.2) is 47.0 Å². The monoisotopic (exact) mass is 274 g/mol. The lowest BCUT2D eigenvalue weighted by molar-refractivity contribution is -0.131. The van der Waals surface area contributed by atoms with Crippen LogP contribution in [0.4, 0.5) is 5.95 Å². The fourth-order valence-corrected chi connectivity index (χ4v) is 3.16. The number of aryl methyl sites for hydroxylation is 1. The molecule has 0 bridgehead atoms. The molecule has 0 radical (unpaired) electrons. The van der Waals surface area contributed by atoms with Gasteiger partial charge in [-0.25, -0.2) is 9.97 Å². The second kappa shape index (κ2) is 5.77. The highest BCUT2D eigenvalue weighted by Crippen LogP contribution is 2.26. The van der Waals surface area contributed by atoms with Crippen LogP contribution in [0.15, 0.2) is 12.3 Å². The summed E-state index contributed by atoms with van der Waals surface area (Å²) in [6, 6.07) is 1.88. The number of aromatic nitrogens is 2. The molecule has 1 aliphatic carbocycles. The van der Waals surface area contributed by atoms with E-state index in [1.54, 1.807) is 6.20 Å². The fourth-order valence-electron chi connectivity index (χ4n) is 3.16. The lowest BCUT2D eigenvalue weighted by Crippen LogP contribution is -2.52. The van der Waals surface area contributed by atoms with Gasteiger partial charge in [-0.3, -0.25) is 4.79 Å². The first-order valence-electron chi connectivity index (χ1n) is 7.55. The van der Waals surface area contributed by atoms with E-state index in [-0.39, 0.29) is 5.91 Å². The molecule has 1 aromatic rings. The first-order valence-corrected chi connectivity index (χ1v) is 7.55. The number of carbonyl (C=O) groups excluding carboxylic acids is 1. The molecule has 0 atom stereocenters. The quantitative estimate of drug-likeness (QED) is 0.840. The van der Waals surface area contributed by atoms with Gasteiger partial charge in [0.1, 0.15) is 0 Å². The molecule has 1 amide bonds. The number of piperazine rings is 1. The van der Waals surface area contributed by atoms with E-state index < -0.39 is 0 Å². The number of carbonyl (C=O) groups is 1. The molecule has 5 heteroatoms. The van der Waals surface area contributed by atoms with Gasteiger partial charge in [0, 0.05) is 31.5 Å². The molecule has 0 unspecified atom stereocenters. The minimum atomic E-state index is 0.216. The normalized spacial score (nSPS) is 20.8. The molecule has 1 saturated heterocycles. The first-order chi connectivity index (χ1) is 9.72. The smallest absolute Gasteiger partial charge is 0.242 e. The molecule has 20 heavy (non-hydrogen) atoms. The van der Waals surface area contributed by atoms with Gasteiger partial charge in [-0.15, -0.1) is 0 Å². The summed E-state index contributed by atoms with van der Waals surface area (Å²) in [7, 11) is 0. The van der Waals surface area contributed by atoms with Crippen molar-refractivity contribution in [1.29, 1.82) is 0 Å². The molecule has 108 valence electrons. The molecule has 0 aromatic carbocycles. The Kier molecular flexibility index (Phi) is 3.85. The van der Waals surface area contributed by atoms with Gasteiger partial charge in [0.05, 0.1) is 6.54 Å². The molecule has 2 fully saturated rings. The average Bonchev–Trinajstić information content (AvgIpc) is 2.94. The third-order valence-electron chi connectivity index (χ3n) is 4.34. The molecule has 0 N–H and O–H groups in total. The molecular formula is C15H22N4O. The van der Waals surface area contributed by atoms with Gasteiger partial charge in [0.2, 0.25) is 11.9 Å². The maximum Gasteiger partial charge on any atom is 0.242 e. The Labute approximate surface area is 120 Å². The molecule has 3 rings (SSSR count). The Morgan fingerprint density at radius 3 is 2.80 bits per heavy atom. The molecule has 1 aromatic heterocycles. The predicted octanol–water partition coefficient (Wildman–Crippen LogP) is 1.62. The lowest BCUT2D eigenvalue weighted by Gasteiger charge is -2.35. The molecule has 2 aliphatic rings. The second-order valence-corrected chi connectivity index (χ2v) is 5.91. The van der Waals surface area contributed by atoms with E-state index in [0.29, 0.717) is 12.5 Å². The van der Waals surface area contributed by atoms with Crippen LogP contribution in [0.2, 0.25) is 0 Å². The van der Waals surface area contributed by atoms with Crippen LogP contribution in [0, 0.1) is 12.8 Å². The van der Waals surface area contributed by atoms with Crippen molar-refractivity contribution >= 4 is 11.9 Å². The number of hydrogen-bond acceptors (Lipinski definition) is 4. The molecule has 5 nitrogen and oxygen atoms in total. The van der Waals surface area contributed by atoms with E-state index in [2.05, 4.69) is 9.97 Å². The molecule has 2 heterocycles. The van der Waals surface area contributed by atoms with E-state index in [1.807, 2.05) is 22.8 Å². The second-order valence-electron chi connectivity index (χ2n) is 5.91. The topological polar surface area (TPSA) is 49.3 Å². The highest BCUT2D eigenvalue weighted by Gasteiger charge is 2.28. The van der Waals surface area contributed by atoms with E-state index in [9.17, 15) is 4.79 Å². The number of hydrogen-bond donors (Lipinski definition) is 0. The van der Waals surface area contributed by atoms with E-state index in [0.717, 1.165) is 31.2 Å². The third-order valence-corrected chi connectivity index (χ3v) is 4.34.